The van der Waals surface area contributed by atoms with Crippen LogP contribution < -0.4 is 0 Å². The predicted molar refractivity (Wildman–Crippen MR) is 87.3 cm³/mol. The third-order valence-corrected chi connectivity index (χ3v) is 4.59. The zero-order chi connectivity index (χ0) is 14.4. The number of hydrogen-bond donors (Lipinski definition) is 0. The molecule has 0 atom stereocenters. The molecule has 2 aromatic heterocycles. The van der Waals surface area contributed by atoms with Gasteiger partial charge in [0.2, 0.25) is 0 Å². The quantitative estimate of drug-likeness (QED) is 0.614. The van der Waals surface area contributed by atoms with E-state index in [-0.39, 0.29) is 0 Å². The Kier molecular flexibility index (Phi) is 3.17. The molecule has 0 aliphatic rings. The van der Waals surface area contributed by atoms with E-state index in [0.29, 0.717) is 0 Å². The molecular weight excluding hydrogens is 312 g/mol. The first-order valence-electron chi connectivity index (χ1n) is 6.70. The van der Waals surface area contributed by atoms with Gasteiger partial charge in [0.15, 0.2) is 0 Å². The molecule has 102 valence electrons. The van der Waals surface area contributed by atoms with Crippen molar-refractivity contribution in [3.8, 4) is 11.3 Å². The Labute approximate surface area is 127 Å². The van der Waals surface area contributed by atoms with Crippen LogP contribution in [0.3, 0.4) is 0 Å². The molecule has 0 saturated carbocycles. The summed E-state index contributed by atoms with van der Waals surface area (Å²) in [6.07, 6.45) is 2.13. The van der Waals surface area contributed by atoms with Crippen molar-refractivity contribution in [3.05, 3.63) is 57.3 Å². The van der Waals surface area contributed by atoms with Crippen LogP contribution in [0.1, 0.15) is 22.4 Å². The average molecular weight is 329 g/mol. The molecule has 0 radical (unpaired) electrons. The minimum atomic E-state index is 0.986. The van der Waals surface area contributed by atoms with Crippen LogP contribution in [0.4, 0.5) is 0 Å². The fourth-order valence-electron chi connectivity index (χ4n) is 2.87. The fraction of sp³-hybridized carbons (Fsp3) is 0.235. The van der Waals surface area contributed by atoms with Gasteiger partial charge in [0.05, 0.1) is 5.69 Å². The Morgan fingerprint density at radius 2 is 1.65 bits per heavy atom. The molecule has 20 heavy (non-hydrogen) atoms. The van der Waals surface area contributed by atoms with Gasteiger partial charge in [0.25, 0.3) is 0 Å². The first kappa shape index (κ1) is 13.4. The summed E-state index contributed by atoms with van der Waals surface area (Å²) in [5.74, 6) is 0. The standard InChI is InChI=1S/C17H17BrN2/c1-10-7-11(2)17(12(3)8-10)15-9-20-13(4)14(18)5-6-16(20)19-15/h5-9H,1-4H3. The molecule has 0 bridgehead atoms. The molecule has 2 nitrogen and oxygen atoms in total. The van der Waals surface area contributed by atoms with Crippen molar-refractivity contribution in [2.24, 2.45) is 0 Å². The summed E-state index contributed by atoms with van der Waals surface area (Å²) < 4.78 is 3.24. The number of rotatable bonds is 1. The maximum atomic E-state index is 4.78. The number of aryl methyl sites for hydroxylation is 4. The third-order valence-electron chi connectivity index (χ3n) is 3.75. The van der Waals surface area contributed by atoms with Crippen LogP contribution in [-0.2, 0) is 0 Å². The second kappa shape index (κ2) is 4.74. The van der Waals surface area contributed by atoms with Crippen molar-refractivity contribution < 1.29 is 0 Å². The lowest BCUT2D eigenvalue weighted by molar-refractivity contribution is 1.08. The largest absolute Gasteiger partial charge is 0.303 e. The highest BCUT2D eigenvalue weighted by Crippen LogP contribution is 2.29. The van der Waals surface area contributed by atoms with Gasteiger partial charge >= 0.3 is 0 Å². The molecule has 3 aromatic rings. The smallest absolute Gasteiger partial charge is 0.137 e. The van der Waals surface area contributed by atoms with Gasteiger partial charge in [-0.3, -0.25) is 0 Å². The summed E-state index contributed by atoms with van der Waals surface area (Å²) in [4.78, 5) is 4.78. The van der Waals surface area contributed by atoms with Crippen molar-refractivity contribution in [1.29, 1.82) is 0 Å². The fourth-order valence-corrected chi connectivity index (χ4v) is 3.19. The van der Waals surface area contributed by atoms with Crippen molar-refractivity contribution in [2.45, 2.75) is 27.7 Å². The van der Waals surface area contributed by atoms with E-state index in [0.717, 1.165) is 15.8 Å². The Morgan fingerprint density at radius 1 is 1.00 bits per heavy atom. The summed E-state index contributed by atoms with van der Waals surface area (Å²) in [5.41, 5.74) is 8.30. The molecule has 0 unspecified atom stereocenters. The maximum Gasteiger partial charge on any atom is 0.137 e. The van der Waals surface area contributed by atoms with E-state index in [2.05, 4.69) is 72.4 Å². The van der Waals surface area contributed by atoms with Crippen LogP contribution in [-0.4, -0.2) is 9.38 Å². The van der Waals surface area contributed by atoms with Crippen LogP contribution in [0.2, 0.25) is 0 Å². The Morgan fingerprint density at radius 3 is 2.30 bits per heavy atom. The second-order valence-electron chi connectivity index (χ2n) is 5.39. The zero-order valence-corrected chi connectivity index (χ0v) is 13.7. The highest BCUT2D eigenvalue weighted by Gasteiger charge is 2.12. The van der Waals surface area contributed by atoms with Crippen molar-refractivity contribution in [1.82, 2.24) is 9.38 Å². The second-order valence-corrected chi connectivity index (χ2v) is 6.25. The van der Waals surface area contributed by atoms with Gasteiger partial charge in [0, 0.05) is 21.9 Å². The number of halogens is 1. The molecule has 2 heterocycles. The third kappa shape index (κ3) is 2.06. The highest BCUT2D eigenvalue weighted by atomic mass is 79.9. The summed E-state index contributed by atoms with van der Waals surface area (Å²) in [5, 5.41) is 0. The molecule has 3 heteroatoms. The number of imidazole rings is 1. The SMILES string of the molecule is Cc1cc(C)c(-c2cn3c(C)c(Br)ccc3n2)c(C)c1. The van der Waals surface area contributed by atoms with Gasteiger partial charge in [-0.1, -0.05) is 17.7 Å². The van der Waals surface area contributed by atoms with E-state index in [4.69, 9.17) is 4.98 Å². The lowest BCUT2D eigenvalue weighted by Gasteiger charge is -2.08. The number of nitrogens with zero attached hydrogens (tertiary/aromatic N) is 2. The molecule has 0 N–H and O–H groups in total. The highest BCUT2D eigenvalue weighted by molar-refractivity contribution is 9.10. The number of hydrogen-bond acceptors (Lipinski definition) is 1. The van der Waals surface area contributed by atoms with Crippen LogP contribution in [0.25, 0.3) is 16.9 Å². The minimum absolute atomic E-state index is 0.986. The molecule has 0 spiro atoms. The Bertz CT molecular complexity index is 792. The normalized spacial score (nSPS) is 11.2. The number of benzene rings is 1. The zero-order valence-electron chi connectivity index (χ0n) is 12.2. The number of pyridine rings is 1. The van der Waals surface area contributed by atoms with Gasteiger partial charge in [0.1, 0.15) is 5.65 Å². The van der Waals surface area contributed by atoms with E-state index in [1.165, 1.54) is 27.9 Å². The molecule has 0 aliphatic heterocycles. The van der Waals surface area contributed by atoms with Crippen molar-refractivity contribution in [2.75, 3.05) is 0 Å². The van der Waals surface area contributed by atoms with Crippen LogP contribution in [0.15, 0.2) is 34.9 Å². The van der Waals surface area contributed by atoms with Gasteiger partial charge < -0.3 is 4.40 Å². The number of aromatic nitrogens is 2. The summed E-state index contributed by atoms with van der Waals surface area (Å²) >= 11 is 3.57. The first-order valence-corrected chi connectivity index (χ1v) is 7.49. The molecular formula is C17H17BrN2. The van der Waals surface area contributed by atoms with E-state index >= 15 is 0 Å². The number of fused-ring (bicyclic) bond motifs is 1. The average Bonchev–Trinajstić information content (AvgIpc) is 2.77. The van der Waals surface area contributed by atoms with Crippen LogP contribution >= 0.6 is 15.9 Å². The summed E-state index contributed by atoms with van der Waals surface area (Å²) in [6, 6.07) is 8.53. The van der Waals surface area contributed by atoms with Gasteiger partial charge in [-0.2, -0.15) is 0 Å². The molecule has 0 amide bonds. The maximum absolute atomic E-state index is 4.78. The van der Waals surface area contributed by atoms with Crippen LogP contribution in [0.5, 0.6) is 0 Å². The van der Waals surface area contributed by atoms with E-state index in [1.807, 2.05) is 6.07 Å². The van der Waals surface area contributed by atoms with Crippen molar-refractivity contribution in [3.63, 3.8) is 0 Å². The lowest BCUT2D eigenvalue weighted by atomic mass is 9.98. The summed E-state index contributed by atoms with van der Waals surface area (Å²) in [7, 11) is 0. The van der Waals surface area contributed by atoms with Gasteiger partial charge in [-0.15, -0.1) is 0 Å². The van der Waals surface area contributed by atoms with Gasteiger partial charge in [-0.05, 0) is 66.9 Å². The van der Waals surface area contributed by atoms with E-state index in [1.54, 1.807) is 0 Å². The predicted octanol–water partition coefficient (Wildman–Crippen LogP) is 5.00. The van der Waals surface area contributed by atoms with Crippen LogP contribution in [0, 0.1) is 27.7 Å². The molecule has 0 fully saturated rings. The molecule has 0 saturated heterocycles. The van der Waals surface area contributed by atoms with Crippen molar-refractivity contribution >= 4 is 21.6 Å². The molecule has 1 aromatic carbocycles. The molecule has 3 rings (SSSR count). The summed E-state index contributed by atoms with van der Waals surface area (Å²) in [6.45, 7) is 8.54. The monoisotopic (exact) mass is 328 g/mol. The first-order chi connectivity index (χ1) is 9.47. The minimum Gasteiger partial charge on any atom is -0.303 e. The molecule has 0 aliphatic carbocycles. The van der Waals surface area contributed by atoms with Gasteiger partial charge in [-0.25, -0.2) is 4.98 Å². The van der Waals surface area contributed by atoms with E-state index < -0.39 is 0 Å². The topological polar surface area (TPSA) is 17.3 Å². The Balaban J connectivity index is 2.28. The lowest BCUT2D eigenvalue weighted by Crippen LogP contribution is -1.90. The van der Waals surface area contributed by atoms with E-state index in [9.17, 15) is 0 Å². The Hall–Kier alpha value is -1.61.